The highest BCUT2D eigenvalue weighted by atomic mass is 32.2. The summed E-state index contributed by atoms with van der Waals surface area (Å²) in [7, 11) is -3.74. The highest BCUT2D eigenvalue weighted by Crippen LogP contribution is 2.32. The number of aromatic nitrogens is 1. The highest BCUT2D eigenvalue weighted by Gasteiger charge is 2.26. The molecule has 9 heteroatoms. The Morgan fingerprint density at radius 1 is 1.19 bits per heavy atom. The Morgan fingerprint density at radius 2 is 1.89 bits per heavy atom. The summed E-state index contributed by atoms with van der Waals surface area (Å²) in [6, 6.07) is 11.8. The molecule has 0 saturated heterocycles. The summed E-state index contributed by atoms with van der Waals surface area (Å²) in [4.78, 5) is 14.7. The van der Waals surface area contributed by atoms with Crippen LogP contribution in [0.3, 0.4) is 0 Å². The van der Waals surface area contributed by atoms with Crippen molar-refractivity contribution in [2.24, 2.45) is 0 Å². The SMILES string of the molecule is Cc1ccc(-c2nc(CNc3cccc(S(C)(=O)=O)c3[N+](=O)[O-])co2)cc1. The van der Waals surface area contributed by atoms with Crippen molar-refractivity contribution in [1.29, 1.82) is 0 Å². The predicted molar refractivity (Wildman–Crippen MR) is 100 cm³/mol. The monoisotopic (exact) mass is 387 g/mol. The maximum absolute atomic E-state index is 11.8. The molecular weight excluding hydrogens is 370 g/mol. The minimum absolute atomic E-state index is 0.0998. The normalized spacial score (nSPS) is 11.3. The van der Waals surface area contributed by atoms with Gasteiger partial charge >= 0.3 is 5.69 Å². The van der Waals surface area contributed by atoms with E-state index < -0.39 is 20.4 Å². The van der Waals surface area contributed by atoms with Gasteiger partial charge in [0, 0.05) is 11.8 Å². The van der Waals surface area contributed by atoms with Crippen LogP contribution in [0.1, 0.15) is 11.3 Å². The molecule has 2 aromatic carbocycles. The lowest BCUT2D eigenvalue weighted by Crippen LogP contribution is -2.08. The lowest BCUT2D eigenvalue weighted by molar-refractivity contribution is -0.386. The average Bonchev–Trinajstić information content (AvgIpc) is 3.08. The molecule has 0 spiro atoms. The molecule has 3 rings (SSSR count). The largest absolute Gasteiger partial charge is 0.444 e. The Balaban J connectivity index is 1.84. The molecule has 0 amide bonds. The summed E-state index contributed by atoms with van der Waals surface area (Å²) in [5.41, 5.74) is 2.08. The van der Waals surface area contributed by atoms with E-state index in [-0.39, 0.29) is 17.1 Å². The Hall–Kier alpha value is -3.20. The molecule has 0 atom stereocenters. The molecule has 0 aliphatic heterocycles. The number of hydrogen-bond donors (Lipinski definition) is 1. The van der Waals surface area contributed by atoms with Gasteiger partial charge < -0.3 is 9.73 Å². The molecule has 27 heavy (non-hydrogen) atoms. The zero-order valence-electron chi connectivity index (χ0n) is 14.7. The fourth-order valence-electron chi connectivity index (χ4n) is 2.56. The number of nitro benzene ring substituents is 1. The van der Waals surface area contributed by atoms with E-state index in [1.165, 1.54) is 24.5 Å². The van der Waals surface area contributed by atoms with Gasteiger partial charge in [-0.15, -0.1) is 0 Å². The fourth-order valence-corrected chi connectivity index (χ4v) is 3.42. The van der Waals surface area contributed by atoms with Gasteiger partial charge in [0.15, 0.2) is 9.84 Å². The van der Waals surface area contributed by atoms with Crippen LogP contribution in [0.25, 0.3) is 11.5 Å². The number of aryl methyl sites for hydroxylation is 1. The van der Waals surface area contributed by atoms with Crippen molar-refractivity contribution in [1.82, 2.24) is 4.98 Å². The van der Waals surface area contributed by atoms with Gasteiger partial charge in [-0.3, -0.25) is 10.1 Å². The van der Waals surface area contributed by atoms with Crippen LogP contribution in [-0.2, 0) is 16.4 Å². The van der Waals surface area contributed by atoms with Gasteiger partial charge in [0.25, 0.3) is 0 Å². The van der Waals surface area contributed by atoms with Crippen molar-refractivity contribution in [2.45, 2.75) is 18.4 Å². The number of nitrogens with zero attached hydrogens (tertiary/aromatic N) is 2. The fraction of sp³-hybridized carbons (Fsp3) is 0.167. The first-order chi connectivity index (χ1) is 12.8. The van der Waals surface area contributed by atoms with E-state index in [2.05, 4.69) is 10.3 Å². The minimum atomic E-state index is -3.74. The Morgan fingerprint density at radius 3 is 2.52 bits per heavy atom. The molecule has 3 aromatic rings. The number of rotatable bonds is 6. The molecule has 1 N–H and O–H groups in total. The van der Waals surface area contributed by atoms with E-state index in [1.54, 1.807) is 0 Å². The van der Waals surface area contributed by atoms with Gasteiger partial charge in [-0.05, 0) is 31.2 Å². The summed E-state index contributed by atoms with van der Waals surface area (Å²) in [5, 5.41) is 14.3. The van der Waals surface area contributed by atoms with Crippen molar-refractivity contribution in [3.63, 3.8) is 0 Å². The van der Waals surface area contributed by atoms with Crippen molar-refractivity contribution < 1.29 is 17.8 Å². The standard InChI is InChI=1S/C18H17N3O5S/c1-12-6-8-13(9-7-12)18-20-14(11-26-18)10-19-15-4-3-5-16(27(2,24)25)17(15)21(22)23/h3-9,11,19H,10H2,1-2H3. The molecule has 0 saturated carbocycles. The van der Waals surface area contributed by atoms with Gasteiger partial charge in [-0.1, -0.05) is 23.8 Å². The van der Waals surface area contributed by atoms with Crippen LogP contribution >= 0.6 is 0 Å². The maximum atomic E-state index is 11.8. The summed E-state index contributed by atoms with van der Waals surface area (Å²) in [5.74, 6) is 0.436. The van der Waals surface area contributed by atoms with E-state index in [9.17, 15) is 18.5 Å². The Kier molecular flexibility index (Phi) is 4.95. The van der Waals surface area contributed by atoms with Crippen molar-refractivity contribution in [2.75, 3.05) is 11.6 Å². The Bertz CT molecular complexity index is 1090. The number of oxazole rings is 1. The van der Waals surface area contributed by atoms with E-state index in [0.717, 1.165) is 17.4 Å². The van der Waals surface area contributed by atoms with Crippen LogP contribution in [0, 0.1) is 17.0 Å². The zero-order valence-corrected chi connectivity index (χ0v) is 15.5. The van der Waals surface area contributed by atoms with Crippen molar-refractivity contribution in [3.8, 4) is 11.5 Å². The topological polar surface area (TPSA) is 115 Å². The summed E-state index contributed by atoms with van der Waals surface area (Å²) < 4.78 is 29.1. The van der Waals surface area contributed by atoms with Gasteiger partial charge in [0.2, 0.25) is 5.89 Å². The second kappa shape index (κ2) is 7.20. The number of benzene rings is 2. The third kappa shape index (κ3) is 4.14. The lowest BCUT2D eigenvalue weighted by atomic mass is 10.1. The summed E-state index contributed by atoms with van der Waals surface area (Å²) in [6.45, 7) is 2.12. The first-order valence-electron chi connectivity index (χ1n) is 7.98. The third-order valence-electron chi connectivity index (χ3n) is 3.89. The lowest BCUT2D eigenvalue weighted by Gasteiger charge is -2.08. The van der Waals surface area contributed by atoms with Gasteiger partial charge in [0.1, 0.15) is 16.8 Å². The Labute approximate surface area is 155 Å². The highest BCUT2D eigenvalue weighted by molar-refractivity contribution is 7.90. The molecule has 8 nitrogen and oxygen atoms in total. The first-order valence-corrected chi connectivity index (χ1v) is 9.87. The maximum Gasteiger partial charge on any atom is 0.310 e. The molecule has 0 fully saturated rings. The van der Waals surface area contributed by atoms with E-state index in [1.807, 2.05) is 31.2 Å². The molecule has 0 bridgehead atoms. The van der Waals surface area contributed by atoms with Crippen molar-refractivity contribution >= 4 is 21.2 Å². The number of hydrogen-bond acceptors (Lipinski definition) is 7. The van der Waals surface area contributed by atoms with E-state index in [0.29, 0.717) is 11.6 Å². The summed E-state index contributed by atoms with van der Waals surface area (Å²) in [6.07, 6.45) is 2.39. The van der Waals surface area contributed by atoms with Crippen LogP contribution < -0.4 is 5.32 Å². The van der Waals surface area contributed by atoms with Crippen LogP contribution in [0.4, 0.5) is 11.4 Å². The quantitative estimate of drug-likeness (QED) is 0.508. The zero-order chi connectivity index (χ0) is 19.6. The van der Waals surface area contributed by atoms with Crippen LogP contribution in [0.15, 0.2) is 58.0 Å². The number of anilines is 1. The molecule has 0 unspecified atom stereocenters. The molecule has 1 heterocycles. The average molecular weight is 387 g/mol. The van der Waals surface area contributed by atoms with Gasteiger partial charge in [-0.2, -0.15) is 0 Å². The second-order valence-electron chi connectivity index (χ2n) is 6.05. The summed E-state index contributed by atoms with van der Waals surface area (Å²) >= 11 is 0. The van der Waals surface area contributed by atoms with E-state index >= 15 is 0 Å². The minimum Gasteiger partial charge on any atom is -0.444 e. The molecule has 0 aliphatic carbocycles. The van der Waals surface area contributed by atoms with Crippen LogP contribution in [-0.4, -0.2) is 24.6 Å². The van der Waals surface area contributed by atoms with E-state index in [4.69, 9.17) is 4.42 Å². The number of nitro groups is 1. The first kappa shape index (κ1) is 18.6. The number of para-hydroxylation sites is 1. The number of nitrogens with one attached hydrogen (secondary N) is 1. The molecule has 0 radical (unpaired) electrons. The number of sulfone groups is 1. The second-order valence-corrected chi connectivity index (χ2v) is 8.03. The van der Waals surface area contributed by atoms with Gasteiger partial charge in [-0.25, -0.2) is 13.4 Å². The molecular formula is C18H17N3O5S. The van der Waals surface area contributed by atoms with Crippen LogP contribution in [0.2, 0.25) is 0 Å². The molecule has 0 aliphatic rings. The molecule has 1 aromatic heterocycles. The van der Waals surface area contributed by atoms with Crippen molar-refractivity contribution in [3.05, 3.63) is 70.1 Å². The van der Waals surface area contributed by atoms with Crippen LogP contribution in [0.5, 0.6) is 0 Å². The predicted octanol–water partition coefficient (Wildman–Crippen LogP) is 3.57. The van der Waals surface area contributed by atoms with Gasteiger partial charge in [0.05, 0.1) is 17.2 Å². The molecule has 140 valence electrons. The smallest absolute Gasteiger partial charge is 0.310 e. The third-order valence-corrected chi connectivity index (χ3v) is 5.02.